The fraction of sp³-hybridized carbons (Fsp3) is 0.600. The summed E-state index contributed by atoms with van der Waals surface area (Å²) in [7, 11) is 1.63. The third-order valence-corrected chi connectivity index (χ3v) is 4.91. The molecule has 1 amide bonds. The van der Waals surface area contributed by atoms with Gasteiger partial charge in [-0.2, -0.15) is 4.98 Å². The van der Waals surface area contributed by atoms with Crippen LogP contribution in [-0.4, -0.2) is 48.3 Å². The molecule has 1 aromatic carbocycles. The van der Waals surface area contributed by atoms with Crippen molar-refractivity contribution in [2.45, 2.75) is 45.1 Å². The number of hydrogen-bond acceptors (Lipinski definition) is 6. The maximum Gasteiger partial charge on any atom is 0.298 e. The second kappa shape index (κ2) is 8.17. The Morgan fingerprint density at radius 2 is 2.30 bits per heavy atom. The van der Waals surface area contributed by atoms with E-state index in [0.717, 1.165) is 42.8 Å². The molecule has 0 spiro atoms. The van der Waals surface area contributed by atoms with Gasteiger partial charge in [-0.3, -0.25) is 4.79 Å². The van der Waals surface area contributed by atoms with Crippen LogP contribution >= 0.6 is 0 Å². The zero-order valence-corrected chi connectivity index (χ0v) is 16.3. The minimum Gasteiger partial charge on any atom is -0.497 e. The van der Waals surface area contributed by atoms with Crippen molar-refractivity contribution in [3.05, 3.63) is 18.2 Å². The van der Waals surface area contributed by atoms with Crippen molar-refractivity contribution in [3.63, 3.8) is 0 Å². The molecule has 148 valence electrons. The lowest BCUT2D eigenvalue weighted by Crippen LogP contribution is -2.38. The predicted molar refractivity (Wildman–Crippen MR) is 104 cm³/mol. The first-order chi connectivity index (χ1) is 12.8. The van der Waals surface area contributed by atoms with Crippen LogP contribution in [0.4, 0.5) is 6.01 Å². The van der Waals surface area contributed by atoms with E-state index < -0.39 is 5.60 Å². The van der Waals surface area contributed by atoms with Crippen LogP contribution in [0, 0.1) is 5.92 Å². The quantitative estimate of drug-likeness (QED) is 0.774. The number of fused-ring (bicyclic) bond motifs is 1. The molecule has 1 aromatic heterocycles. The van der Waals surface area contributed by atoms with E-state index in [9.17, 15) is 9.90 Å². The highest BCUT2D eigenvalue weighted by Crippen LogP contribution is 2.29. The fourth-order valence-corrected chi connectivity index (χ4v) is 3.40. The van der Waals surface area contributed by atoms with Gasteiger partial charge in [0.2, 0.25) is 5.91 Å². The number of anilines is 1. The van der Waals surface area contributed by atoms with Crippen LogP contribution in [-0.2, 0) is 4.79 Å². The molecular formula is C20H29N3O4. The Morgan fingerprint density at radius 3 is 3.04 bits per heavy atom. The minimum atomic E-state index is -0.759. The van der Waals surface area contributed by atoms with Crippen molar-refractivity contribution in [2.75, 3.05) is 31.6 Å². The largest absolute Gasteiger partial charge is 0.497 e. The fourth-order valence-electron chi connectivity index (χ4n) is 3.40. The Morgan fingerprint density at radius 1 is 1.48 bits per heavy atom. The molecule has 1 aliphatic heterocycles. The first-order valence-electron chi connectivity index (χ1n) is 9.53. The molecule has 7 heteroatoms. The number of nitrogens with zero attached hydrogens (tertiary/aromatic N) is 2. The standard InChI is InChI=1S/C20H29N3O4/c1-20(2,25)8-9-21-18(24)11-14-5-4-10-23(13-14)19-22-16-12-15(26-3)6-7-17(16)27-19/h6-7,12,14,25H,4-5,8-11,13H2,1-3H3,(H,21,24). The Bertz CT molecular complexity index is 781. The number of ether oxygens (including phenoxy) is 1. The maximum atomic E-state index is 12.2. The Hall–Kier alpha value is -2.28. The van der Waals surface area contributed by atoms with Crippen molar-refractivity contribution in [1.29, 1.82) is 0 Å². The second-order valence-electron chi connectivity index (χ2n) is 7.90. The number of methoxy groups -OCH3 is 1. The number of amides is 1. The maximum absolute atomic E-state index is 12.2. The summed E-state index contributed by atoms with van der Waals surface area (Å²) in [5, 5.41) is 12.6. The molecule has 2 heterocycles. The number of hydrogen-bond donors (Lipinski definition) is 2. The highest BCUT2D eigenvalue weighted by Gasteiger charge is 2.25. The monoisotopic (exact) mass is 375 g/mol. The summed E-state index contributed by atoms with van der Waals surface area (Å²) in [6.07, 6.45) is 3.05. The van der Waals surface area contributed by atoms with Gasteiger partial charge in [0.1, 0.15) is 11.3 Å². The normalized spacial score (nSPS) is 17.9. The molecule has 2 aromatic rings. The topological polar surface area (TPSA) is 87.8 Å². The third-order valence-electron chi connectivity index (χ3n) is 4.91. The van der Waals surface area contributed by atoms with Crippen molar-refractivity contribution in [3.8, 4) is 5.75 Å². The van der Waals surface area contributed by atoms with Crippen LogP contribution in [0.3, 0.4) is 0 Å². The van der Waals surface area contributed by atoms with Gasteiger partial charge in [-0.15, -0.1) is 0 Å². The number of piperidine rings is 1. The Labute approximate surface area is 159 Å². The number of benzene rings is 1. The number of aliphatic hydroxyl groups is 1. The summed E-state index contributed by atoms with van der Waals surface area (Å²) in [5.74, 6) is 1.06. The number of rotatable bonds is 7. The highest BCUT2D eigenvalue weighted by molar-refractivity contribution is 5.77. The molecule has 1 atom stereocenters. The van der Waals surface area contributed by atoms with Gasteiger partial charge in [-0.05, 0) is 51.2 Å². The van der Waals surface area contributed by atoms with Crippen molar-refractivity contribution in [1.82, 2.24) is 10.3 Å². The van der Waals surface area contributed by atoms with Crippen molar-refractivity contribution in [2.24, 2.45) is 5.92 Å². The van der Waals surface area contributed by atoms with E-state index in [1.54, 1.807) is 21.0 Å². The van der Waals surface area contributed by atoms with Gasteiger partial charge < -0.3 is 24.5 Å². The van der Waals surface area contributed by atoms with E-state index >= 15 is 0 Å². The molecule has 1 aliphatic rings. The van der Waals surface area contributed by atoms with Gasteiger partial charge in [0.05, 0.1) is 12.7 Å². The second-order valence-corrected chi connectivity index (χ2v) is 7.90. The lowest BCUT2D eigenvalue weighted by Gasteiger charge is -2.31. The van der Waals surface area contributed by atoms with Crippen LogP contribution in [0.25, 0.3) is 11.1 Å². The van der Waals surface area contributed by atoms with E-state index in [2.05, 4.69) is 15.2 Å². The number of carbonyl (C=O) groups is 1. The average Bonchev–Trinajstić information content (AvgIpc) is 3.04. The summed E-state index contributed by atoms with van der Waals surface area (Å²) in [6, 6.07) is 6.18. The summed E-state index contributed by atoms with van der Waals surface area (Å²) >= 11 is 0. The Balaban J connectivity index is 1.57. The molecule has 0 radical (unpaired) electrons. The van der Waals surface area contributed by atoms with Crippen molar-refractivity contribution >= 4 is 23.0 Å². The lowest BCUT2D eigenvalue weighted by atomic mass is 9.94. The molecule has 7 nitrogen and oxygen atoms in total. The van der Waals surface area contributed by atoms with Gasteiger partial charge in [0, 0.05) is 32.1 Å². The summed E-state index contributed by atoms with van der Waals surface area (Å²) in [6.45, 7) is 5.61. The average molecular weight is 375 g/mol. The van der Waals surface area contributed by atoms with Gasteiger partial charge in [0.15, 0.2) is 5.58 Å². The van der Waals surface area contributed by atoms with Crippen LogP contribution in [0.15, 0.2) is 22.6 Å². The van der Waals surface area contributed by atoms with E-state index in [1.165, 1.54) is 0 Å². The zero-order chi connectivity index (χ0) is 19.4. The first kappa shape index (κ1) is 19.5. The third kappa shape index (κ3) is 5.35. The smallest absolute Gasteiger partial charge is 0.298 e. The van der Waals surface area contributed by atoms with Gasteiger partial charge in [-0.1, -0.05) is 0 Å². The molecule has 1 unspecified atom stereocenters. The number of oxazole rings is 1. The Kier molecular flexibility index (Phi) is 5.89. The molecule has 1 fully saturated rings. The molecular weight excluding hydrogens is 346 g/mol. The number of carbonyl (C=O) groups excluding carboxylic acids is 1. The molecule has 2 N–H and O–H groups in total. The zero-order valence-electron chi connectivity index (χ0n) is 16.3. The van der Waals surface area contributed by atoms with Crippen LogP contribution in [0.5, 0.6) is 5.75 Å². The van der Waals surface area contributed by atoms with E-state index in [0.29, 0.717) is 25.4 Å². The van der Waals surface area contributed by atoms with E-state index in [4.69, 9.17) is 9.15 Å². The van der Waals surface area contributed by atoms with Crippen LogP contribution in [0.1, 0.15) is 39.5 Å². The van der Waals surface area contributed by atoms with Crippen LogP contribution in [0.2, 0.25) is 0 Å². The van der Waals surface area contributed by atoms with E-state index in [-0.39, 0.29) is 11.8 Å². The van der Waals surface area contributed by atoms with Crippen molar-refractivity contribution < 1.29 is 19.1 Å². The number of nitrogens with one attached hydrogen (secondary N) is 1. The molecule has 0 saturated carbocycles. The number of aromatic nitrogens is 1. The van der Waals surface area contributed by atoms with Gasteiger partial charge in [-0.25, -0.2) is 0 Å². The summed E-state index contributed by atoms with van der Waals surface area (Å²) in [4.78, 5) is 18.9. The summed E-state index contributed by atoms with van der Waals surface area (Å²) in [5.41, 5.74) is 0.748. The van der Waals surface area contributed by atoms with Gasteiger partial charge >= 0.3 is 0 Å². The van der Waals surface area contributed by atoms with Crippen LogP contribution < -0.4 is 15.0 Å². The SMILES string of the molecule is COc1ccc2oc(N3CCCC(CC(=O)NCCC(C)(C)O)C3)nc2c1. The minimum absolute atomic E-state index is 0.0356. The highest BCUT2D eigenvalue weighted by atomic mass is 16.5. The molecule has 1 saturated heterocycles. The molecule has 27 heavy (non-hydrogen) atoms. The first-order valence-corrected chi connectivity index (χ1v) is 9.53. The molecule has 3 rings (SSSR count). The molecule has 0 aliphatic carbocycles. The van der Waals surface area contributed by atoms with E-state index in [1.807, 2.05) is 18.2 Å². The lowest BCUT2D eigenvalue weighted by molar-refractivity contribution is -0.122. The predicted octanol–water partition coefficient (Wildman–Crippen LogP) is 2.72. The molecule has 0 bridgehead atoms. The summed E-state index contributed by atoms with van der Waals surface area (Å²) < 4.78 is 11.1. The van der Waals surface area contributed by atoms with Gasteiger partial charge in [0.25, 0.3) is 6.01 Å².